The number of halogens is 1. The molecule has 72 valence electrons. The van der Waals surface area contributed by atoms with E-state index in [0.29, 0.717) is 5.65 Å². The Hall–Kier alpha value is -1.62. The van der Waals surface area contributed by atoms with Crippen molar-refractivity contribution < 1.29 is 9.90 Å². The molecule has 1 N–H and O–H groups in total. The third-order valence-corrected chi connectivity index (χ3v) is 2.09. The summed E-state index contributed by atoms with van der Waals surface area (Å²) < 4.78 is 1.39. The van der Waals surface area contributed by atoms with E-state index in [1.807, 2.05) is 0 Å². The molecule has 0 spiro atoms. The number of fused-ring (bicyclic) bond motifs is 1. The number of rotatable bonds is 1. The third kappa shape index (κ3) is 1.22. The van der Waals surface area contributed by atoms with Crippen molar-refractivity contribution in [2.24, 2.45) is 0 Å². The van der Waals surface area contributed by atoms with E-state index in [4.69, 9.17) is 16.7 Å². The van der Waals surface area contributed by atoms with E-state index < -0.39 is 5.97 Å². The van der Waals surface area contributed by atoms with Crippen LogP contribution in [0, 0.1) is 6.92 Å². The summed E-state index contributed by atoms with van der Waals surface area (Å²) in [4.78, 5) is 14.6. The van der Waals surface area contributed by atoms with Crippen molar-refractivity contribution in [3.05, 3.63) is 28.7 Å². The Bertz CT molecular complexity index is 521. The summed E-state index contributed by atoms with van der Waals surface area (Å²) in [6.45, 7) is 1.79. The summed E-state index contributed by atoms with van der Waals surface area (Å²) in [7, 11) is 0. The van der Waals surface area contributed by atoms with Crippen molar-refractivity contribution in [3.63, 3.8) is 0 Å². The molecule has 5 nitrogen and oxygen atoms in total. The van der Waals surface area contributed by atoms with Crippen molar-refractivity contribution >= 4 is 23.2 Å². The summed E-state index contributed by atoms with van der Waals surface area (Å²) in [6.07, 6.45) is 1.58. The Morgan fingerprint density at radius 3 is 3.00 bits per heavy atom. The van der Waals surface area contributed by atoms with Crippen LogP contribution in [0.4, 0.5) is 0 Å². The Balaban J connectivity index is 2.82. The number of aromatic carboxylic acids is 1. The lowest BCUT2D eigenvalue weighted by Crippen LogP contribution is -2.03. The SMILES string of the molecule is Cc1cnn2c(Cl)cc(C(=O)O)nc12. The Morgan fingerprint density at radius 1 is 1.64 bits per heavy atom. The topological polar surface area (TPSA) is 67.5 Å². The molecular weight excluding hydrogens is 206 g/mol. The molecule has 0 saturated heterocycles. The van der Waals surface area contributed by atoms with Crippen LogP contribution in [0.5, 0.6) is 0 Å². The highest BCUT2D eigenvalue weighted by molar-refractivity contribution is 6.30. The fourth-order valence-corrected chi connectivity index (χ4v) is 1.37. The standard InChI is InChI=1S/C8H6ClN3O2/c1-4-3-10-12-6(9)2-5(8(13)14)11-7(4)12/h2-3H,1H3,(H,13,14). The smallest absolute Gasteiger partial charge is 0.354 e. The maximum atomic E-state index is 10.7. The number of carbonyl (C=O) groups is 1. The molecule has 2 rings (SSSR count). The lowest BCUT2D eigenvalue weighted by atomic mass is 10.3. The number of carboxylic acid groups (broad SMARTS) is 1. The molecule has 0 aliphatic heterocycles. The first-order valence-corrected chi connectivity index (χ1v) is 4.21. The Morgan fingerprint density at radius 2 is 2.36 bits per heavy atom. The molecule has 6 heteroatoms. The highest BCUT2D eigenvalue weighted by Crippen LogP contribution is 2.15. The second-order valence-electron chi connectivity index (χ2n) is 2.83. The van der Waals surface area contributed by atoms with Crippen LogP contribution in [0.15, 0.2) is 12.3 Å². The van der Waals surface area contributed by atoms with Gasteiger partial charge in [-0.15, -0.1) is 0 Å². The minimum Gasteiger partial charge on any atom is -0.477 e. The minimum atomic E-state index is -1.10. The number of nitrogens with zero attached hydrogens (tertiary/aromatic N) is 3. The Kier molecular flexibility index (Phi) is 1.89. The van der Waals surface area contributed by atoms with Gasteiger partial charge in [-0.05, 0) is 6.92 Å². The van der Waals surface area contributed by atoms with E-state index in [2.05, 4.69) is 10.1 Å². The molecule has 2 aromatic heterocycles. The molecule has 0 saturated carbocycles. The fourth-order valence-electron chi connectivity index (χ4n) is 1.15. The molecule has 0 radical (unpaired) electrons. The van der Waals surface area contributed by atoms with Gasteiger partial charge >= 0.3 is 5.97 Å². The molecule has 0 aliphatic rings. The second kappa shape index (κ2) is 2.95. The van der Waals surface area contributed by atoms with Crippen LogP contribution in [0.25, 0.3) is 5.65 Å². The van der Waals surface area contributed by atoms with Gasteiger partial charge in [0, 0.05) is 11.6 Å². The molecule has 0 fully saturated rings. The molecule has 0 aromatic carbocycles. The van der Waals surface area contributed by atoms with Crippen LogP contribution >= 0.6 is 11.6 Å². The molecule has 0 atom stereocenters. The van der Waals surface area contributed by atoms with Gasteiger partial charge in [-0.25, -0.2) is 14.3 Å². The fraction of sp³-hybridized carbons (Fsp3) is 0.125. The van der Waals surface area contributed by atoms with Gasteiger partial charge in [-0.1, -0.05) is 11.6 Å². The van der Waals surface area contributed by atoms with Crippen LogP contribution in [0.1, 0.15) is 16.1 Å². The Labute approximate surface area is 83.9 Å². The minimum absolute atomic E-state index is 0.0777. The van der Waals surface area contributed by atoms with Crippen molar-refractivity contribution in [2.45, 2.75) is 6.92 Å². The van der Waals surface area contributed by atoms with Gasteiger partial charge in [0.2, 0.25) is 0 Å². The average molecular weight is 212 g/mol. The first-order chi connectivity index (χ1) is 6.59. The molecule has 0 amide bonds. The van der Waals surface area contributed by atoms with E-state index in [-0.39, 0.29) is 10.8 Å². The van der Waals surface area contributed by atoms with Gasteiger partial charge < -0.3 is 5.11 Å². The van der Waals surface area contributed by atoms with Gasteiger partial charge in [0.05, 0.1) is 6.20 Å². The summed E-state index contributed by atoms with van der Waals surface area (Å²) in [6, 6.07) is 1.27. The first-order valence-electron chi connectivity index (χ1n) is 3.84. The molecule has 0 unspecified atom stereocenters. The summed E-state index contributed by atoms with van der Waals surface area (Å²) in [5.41, 5.74) is 1.18. The van der Waals surface area contributed by atoms with Crippen LogP contribution in [0.2, 0.25) is 5.15 Å². The van der Waals surface area contributed by atoms with Crippen LogP contribution in [-0.4, -0.2) is 25.7 Å². The largest absolute Gasteiger partial charge is 0.477 e. The zero-order chi connectivity index (χ0) is 10.3. The molecular formula is C8H6ClN3O2. The molecule has 2 aromatic rings. The second-order valence-corrected chi connectivity index (χ2v) is 3.22. The van der Waals surface area contributed by atoms with Crippen molar-refractivity contribution in [1.29, 1.82) is 0 Å². The maximum absolute atomic E-state index is 10.7. The van der Waals surface area contributed by atoms with E-state index in [1.54, 1.807) is 13.1 Å². The quantitative estimate of drug-likeness (QED) is 0.724. The summed E-state index contributed by atoms with van der Waals surface area (Å²) in [5, 5.41) is 12.9. The van der Waals surface area contributed by atoms with Crippen LogP contribution in [-0.2, 0) is 0 Å². The third-order valence-electron chi connectivity index (χ3n) is 1.82. The van der Waals surface area contributed by atoms with Gasteiger partial charge in [-0.3, -0.25) is 0 Å². The highest BCUT2D eigenvalue weighted by atomic mass is 35.5. The molecule has 14 heavy (non-hydrogen) atoms. The van der Waals surface area contributed by atoms with E-state index in [9.17, 15) is 4.79 Å². The molecule has 0 aliphatic carbocycles. The zero-order valence-electron chi connectivity index (χ0n) is 7.23. The predicted molar refractivity (Wildman–Crippen MR) is 49.7 cm³/mol. The van der Waals surface area contributed by atoms with Gasteiger partial charge in [0.25, 0.3) is 0 Å². The zero-order valence-corrected chi connectivity index (χ0v) is 7.99. The van der Waals surface area contributed by atoms with E-state index >= 15 is 0 Å². The molecule has 2 heterocycles. The van der Waals surface area contributed by atoms with Crippen molar-refractivity contribution in [3.8, 4) is 0 Å². The van der Waals surface area contributed by atoms with Crippen LogP contribution < -0.4 is 0 Å². The molecule has 0 bridgehead atoms. The van der Waals surface area contributed by atoms with E-state index in [1.165, 1.54) is 10.6 Å². The monoisotopic (exact) mass is 211 g/mol. The highest BCUT2D eigenvalue weighted by Gasteiger charge is 2.11. The van der Waals surface area contributed by atoms with Gasteiger partial charge in [0.1, 0.15) is 5.15 Å². The normalized spacial score (nSPS) is 10.7. The van der Waals surface area contributed by atoms with Crippen molar-refractivity contribution in [1.82, 2.24) is 14.6 Å². The summed E-state index contributed by atoms with van der Waals surface area (Å²) >= 11 is 5.82. The number of carboxylic acids is 1. The predicted octanol–water partition coefficient (Wildman–Crippen LogP) is 1.39. The number of hydrogen-bond acceptors (Lipinski definition) is 3. The van der Waals surface area contributed by atoms with E-state index in [0.717, 1.165) is 5.56 Å². The van der Waals surface area contributed by atoms with Gasteiger partial charge in [0.15, 0.2) is 11.3 Å². The maximum Gasteiger partial charge on any atom is 0.354 e. The van der Waals surface area contributed by atoms with Crippen molar-refractivity contribution in [2.75, 3.05) is 0 Å². The van der Waals surface area contributed by atoms with Gasteiger partial charge in [-0.2, -0.15) is 5.10 Å². The average Bonchev–Trinajstić information content (AvgIpc) is 2.48. The number of aromatic nitrogens is 3. The van der Waals surface area contributed by atoms with Crippen LogP contribution in [0.3, 0.4) is 0 Å². The number of aryl methyl sites for hydroxylation is 1. The lowest BCUT2D eigenvalue weighted by molar-refractivity contribution is 0.0690. The summed E-state index contributed by atoms with van der Waals surface area (Å²) in [5.74, 6) is -1.10. The lowest BCUT2D eigenvalue weighted by Gasteiger charge is -1.99. The first kappa shape index (κ1) is 8.96. The number of hydrogen-bond donors (Lipinski definition) is 1.